The second-order valence-corrected chi connectivity index (χ2v) is 30.5. The van der Waals surface area contributed by atoms with Gasteiger partial charge in [-0.1, -0.05) is 108 Å². The molecule has 3 saturated heterocycles. The van der Waals surface area contributed by atoms with Crippen LogP contribution in [0.1, 0.15) is 179 Å². The third kappa shape index (κ3) is 19.8. The number of hydrogen-bond donors (Lipinski definition) is 3. The number of fused-ring (bicyclic) bond motifs is 1. The quantitative estimate of drug-likeness (QED) is 0.233. The van der Waals surface area contributed by atoms with Crippen molar-refractivity contribution in [1.29, 1.82) is 0 Å². The number of carbonyl (C=O) groups is 12. The fourth-order valence-electron chi connectivity index (χ4n) is 16.0. The van der Waals surface area contributed by atoms with Gasteiger partial charge in [0.25, 0.3) is 0 Å². The Morgan fingerprint density at radius 3 is 1.88 bits per heavy atom. The van der Waals surface area contributed by atoms with Gasteiger partial charge in [-0.3, -0.25) is 62.5 Å². The van der Waals surface area contributed by atoms with Crippen LogP contribution in [0.3, 0.4) is 0 Å². The smallest absolute Gasteiger partial charge is 0.343 e. The van der Waals surface area contributed by atoms with Gasteiger partial charge in [0.1, 0.15) is 53.9 Å². The van der Waals surface area contributed by atoms with Gasteiger partial charge in [0.15, 0.2) is 0 Å². The van der Waals surface area contributed by atoms with Crippen LogP contribution in [0.2, 0.25) is 5.02 Å². The fourth-order valence-corrected chi connectivity index (χ4v) is 16.3. The molecule has 0 unspecified atom stereocenters. The molecule has 4 heterocycles. The first-order chi connectivity index (χ1) is 49.3. The van der Waals surface area contributed by atoms with Gasteiger partial charge in [-0.2, -0.15) is 13.2 Å². The van der Waals surface area contributed by atoms with E-state index in [2.05, 4.69) is 20.9 Å². The number of likely N-dealkylation sites (tertiary alicyclic amines) is 1. The van der Waals surface area contributed by atoms with E-state index in [1.165, 1.54) is 99.2 Å². The maximum atomic E-state index is 15.9. The standard InChI is InChI=1S/C75H109ClF3N13O12/c1-11-47(2)63-71(102)85(5)46-62(95)92-39-33-56(92)69(100)88(8)58(41-49-24-15-12-16-25-49)68(99)84(4)45-60(93)81-55(32-30-50-29-31-53(54(76)40-50)75(77,78)79)67(98)87(7)57(42-51-26-23-36-80-44-51)66(97)83-74(34-19-20-35-74)73(104)90(10)64(52-27-17-13-18-28-52)72(103)89(9)59(70(101)91-37-21-14-22-38-91)43-61(94)86(6)48(3)65(96)82-63/h23,26,29,31,36,40,44,47-49,52,55-59,63-64H,11-22,24-25,27-28,30,32-35,37-39,41-43,45-46H2,1-10H3,(H,81,93)(H,82,96)(H,83,97)/t47-,48-,55-,56-,57-,58-,59-,63-,64-/m0/s1. The summed E-state index contributed by atoms with van der Waals surface area (Å²) < 4.78 is 42.0. The lowest BCUT2D eigenvalue weighted by Gasteiger charge is -2.44. The van der Waals surface area contributed by atoms with Gasteiger partial charge in [-0.05, 0) is 125 Å². The number of amides is 12. The molecule has 1 aromatic carbocycles. The minimum Gasteiger partial charge on any atom is -0.343 e. The molecule has 574 valence electrons. The molecule has 3 N–H and O–H groups in total. The summed E-state index contributed by atoms with van der Waals surface area (Å²) in [5, 5.41) is 8.10. The van der Waals surface area contributed by atoms with E-state index in [1.807, 2.05) is 6.92 Å². The molecule has 12 amide bonds. The van der Waals surface area contributed by atoms with Crippen molar-refractivity contribution in [2.75, 3.05) is 82.1 Å². The normalized spacial score (nSPS) is 26.9. The number of likely N-dealkylation sites (N-methyl/N-ethyl adjacent to an activating group) is 7. The molecule has 8 rings (SSSR count). The summed E-state index contributed by atoms with van der Waals surface area (Å²) in [5.41, 5.74) is -1.98. The van der Waals surface area contributed by atoms with Gasteiger partial charge in [-0.25, -0.2) is 0 Å². The molecular formula is C75H109ClF3N13O12. The highest BCUT2D eigenvalue weighted by atomic mass is 35.5. The molecule has 1 aromatic heterocycles. The topological polar surface area (TPSA) is 283 Å². The van der Waals surface area contributed by atoms with Crippen molar-refractivity contribution in [1.82, 2.24) is 65.0 Å². The maximum absolute atomic E-state index is 15.9. The molecule has 0 bridgehead atoms. The van der Waals surface area contributed by atoms with Gasteiger partial charge in [0.2, 0.25) is 70.9 Å². The van der Waals surface area contributed by atoms with Crippen LogP contribution in [0.25, 0.3) is 0 Å². The van der Waals surface area contributed by atoms with Crippen molar-refractivity contribution in [2.45, 2.75) is 235 Å². The molecule has 0 radical (unpaired) electrons. The van der Waals surface area contributed by atoms with Crippen LogP contribution in [0, 0.1) is 17.8 Å². The SMILES string of the molecule is CC[C@H](C)[C@@H]1NC(=O)[C@H](C)N(C)C(=O)C[C@@H](C(=O)N2CCCCC2)N(C)C(=O)[C@H](C2CCCCC2)N(C)C(=O)C2(CCCC2)NC(=O)[C@H](Cc2cccnc2)N(C)C(=O)[C@H](CCc2ccc(C(F)(F)F)c(Cl)c2)NC(=O)CN(C)C(=O)[C@H](CC2CCCCC2)N(C)C(=O)[C@@H]2CCN2C(=O)CN(C)C1=O. The zero-order valence-electron chi connectivity index (χ0n) is 62.3. The van der Waals surface area contributed by atoms with Crippen molar-refractivity contribution in [2.24, 2.45) is 17.8 Å². The summed E-state index contributed by atoms with van der Waals surface area (Å²) in [5.74, 6) is -8.85. The summed E-state index contributed by atoms with van der Waals surface area (Å²) in [4.78, 5) is 196. The number of aromatic nitrogens is 1. The Morgan fingerprint density at radius 2 is 1.28 bits per heavy atom. The van der Waals surface area contributed by atoms with E-state index in [1.54, 1.807) is 24.0 Å². The number of rotatable bonds is 11. The summed E-state index contributed by atoms with van der Waals surface area (Å²) in [6.45, 7) is 4.79. The minimum atomic E-state index is -4.78. The summed E-state index contributed by atoms with van der Waals surface area (Å²) >= 11 is 6.21. The van der Waals surface area contributed by atoms with Crippen LogP contribution in [0.5, 0.6) is 0 Å². The van der Waals surface area contributed by atoms with Crippen molar-refractivity contribution in [3.05, 3.63) is 64.4 Å². The Morgan fingerprint density at radius 1 is 0.654 bits per heavy atom. The van der Waals surface area contributed by atoms with E-state index in [0.29, 0.717) is 63.6 Å². The summed E-state index contributed by atoms with van der Waals surface area (Å²) in [6, 6.07) is -3.73. The van der Waals surface area contributed by atoms with Crippen molar-refractivity contribution in [3.8, 4) is 0 Å². The zero-order valence-corrected chi connectivity index (χ0v) is 63.0. The third-order valence-corrected chi connectivity index (χ3v) is 23.4. The van der Waals surface area contributed by atoms with Crippen molar-refractivity contribution < 1.29 is 70.7 Å². The number of nitrogens with zero attached hydrogens (tertiary/aromatic N) is 10. The first-order valence-corrected chi connectivity index (χ1v) is 37.7. The van der Waals surface area contributed by atoms with Crippen LogP contribution >= 0.6 is 11.6 Å². The largest absolute Gasteiger partial charge is 0.417 e. The van der Waals surface area contributed by atoms with E-state index < -0.39 is 173 Å². The van der Waals surface area contributed by atoms with Crippen molar-refractivity contribution >= 4 is 82.5 Å². The zero-order chi connectivity index (χ0) is 76.1. The highest BCUT2D eigenvalue weighted by molar-refractivity contribution is 6.31. The predicted octanol–water partition coefficient (Wildman–Crippen LogP) is 6.01. The van der Waals surface area contributed by atoms with Crippen LogP contribution in [-0.4, -0.2) is 256 Å². The number of hydrogen-bond acceptors (Lipinski definition) is 13. The monoisotopic (exact) mass is 1480 g/mol. The minimum absolute atomic E-state index is 0.00953. The first kappa shape index (κ1) is 81.8. The fraction of sp³-hybridized carbons (Fsp3) is 0.693. The first-order valence-electron chi connectivity index (χ1n) is 37.4. The van der Waals surface area contributed by atoms with Crippen LogP contribution in [-0.2, 0) is 76.6 Å². The molecule has 3 aliphatic carbocycles. The molecule has 25 nitrogen and oxygen atoms in total. The Bertz CT molecular complexity index is 3420. The number of carbonyl (C=O) groups excluding carboxylic acids is 12. The third-order valence-electron chi connectivity index (χ3n) is 23.1. The number of aryl methyl sites for hydroxylation is 1. The van der Waals surface area contributed by atoms with Crippen LogP contribution in [0.15, 0.2) is 42.7 Å². The second kappa shape index (κ2) is 36.4. The molecule has 3 saturated carbocycles. The number of nitrogens with one attached hydrogen (secondary N) is 3. The van der Waals surface area contributed by atoms with Gasteiger partial charge < -0.3 is 60.0 Å². The highest BCUT2D eigenvalue weighted by Crippen LogP contribution is 2.39. The lowest BCUT2D eigenvalue weighted by atomic mass is 9.81. The van der Waals surface area contributed by atoms with E-state index >= 15 is 28.8 Å². The number of piperidine rings is 1. The number of pyridine rings is 1. The average molecular weight is 1480 g/mol. The molecule has 29 heteroatoms. The number of halogens is 4. The van der Waals surface area contributed by atoms with Gasteiger partial charge in [0.05, 0.1) is 30.1 Å². The second-order valence-electron chi connectivity index (χ2n) is 30.1. The molecule has 1 spiro atoms. The summed E-state index contributed by atoms with van der Waals surface area (Å²) in [7, 11) is 9.94. The van der Waals surface area contributed by atoms with E-state index in [4.69, 9.17) is 11.6 Å². The molecule has 104 heavy (non-hydrogen) atoms. The van der Waals surface area contributed by atoms with E-state index in [-0.39, 0.29) is 63.0 Å². The molecule has 2 aromatic rings. The predicted molar refractivity (Wildman–Crippen MR) is 382 cm³/mol. The van der Waals surface area contributed by atoms with E-state index in [0.717, 1.165) is 84.6 Å². The lowest BCUT2D eigenvalue weighted by Crippen LogP contribution is -2.66. The molecule has 6 aliphatic rings. The number of benzene rings is 1. The summed E-state index contributed by atoms with van der Waals surface area (Å²) in [6.07, 6.45) is 9.07. The lowest BCUT2D eigenvalue weighted by molar-refractivity contribution is -0.158. The van der Waals surface area contributed by atoms with E-state index in [9.17, 15) is 41.9 Å². The molecule has 9 atom stereocenters. The number of alkyl halides is 3. The Kier molecular flexibility index (Phi) is 28.6. The Balaban J connectivity index is 1.20. The Labute approximate surface area is 614 Å². The maximum Gasteiger partial charge on any atom is 0.417 e. The van der Waals surface area contributed by atoms with Crippen molar-refractivity contribution in [3.63, 3.8) is 0 Å². The average Bonchev–Trinajstić information content (AvgIpc) is 1.33. The Hall–Kier alpha value is -7.91. The van der Waals surface area contributed by atoms with Crippen LogP contribution < -0.4 is 16.0 Å². The molecule has 6 fully saturated rings. The van der Waals surface area contributed by atoms with Gasteiger partial charge >= 0.3 is 6.18 Å². The molecular weight excluding hydrogens is 1370 g/mol. The molecule has 3 aliphatic heterocycles. The van der Waals surface area contributed by atoms with Gasteiger partial charge in [0, 0.05) is 87.8 Å². The van der Waals surface area contributed by atoms with Crippen LogP contribution in [0.4, 0.5) is 13.2 Å². The van der Waals surface area contributed by atoms with Gasteiger partial charge in [-0.15, -0.1) is 0 Å². The highest BCUT2D eigenvalue weighted by Gasteiger charge is 2.51.